The van der Waals surface area contributed by atoms with Gasteiger partial charge in [-0.15, -0.1) is 20.5 Å². The zero-order valence-electron chi connectivity index (χ0n) is 34.2. The third-order valence-corrected chi connectivity index (χ3v) is 12.0. The molecule has 0 spiro atoms. The molecule has 0 amide bonds. The first-order valence-corrected chi connectivity index (χ1v) is 23.1. The lowest BCUT2D eigenvalue weighted by molar-refractivity contribution is -0.385. The van der Waals surface area contributed by atoms with Crippen molar-refractivity contribution in [3.05, 3.63) is 131 Å². The van der Waals surface area contributed by atoms with E-state index in [2.05, 4.69) is 41.3 Å². The Hall–Kier alpha value is -8.47. The average Bonchev–Trinajstić information content (AvgIpc) is 3.27. The van der Waals surface area contributed by atoms with Crippen LogP contribution in [0.3, 0.4) is 0 Å². The lowest BCUT2D eigenvalue weighted by Crippen LogP contribution is -2.04. The van der Waals surface area contributed by atoms with E-state index < -0.39 is 78.5 Å². The molecule has 0 saturated carbocycles. The lowest BCUT2D eigenvalue weighted by Gasteiger charge is -2.14. The summed E-state index contributed by atoms with van der Waals surface area (Å²) in [6, 6.07) is 25.3. The molecule has 348 valence electrons. The van der Waals surface area contributed by atoms with E-state index in [0.717, 1.165) is 30.3 Å². The van der Waals surface area contributed by atoms with Crippen molar-refractivity contribution in [3.63, 3.8) is 0 Å². The molecule has 0 aliphatic rings. The molecule has 0 aliphatic carbocycles. The van der Waals surface area contributed by atoms with Crippen LogP contribution in [0.5, 0.6) is 23.0 Å². The van der Waals surface area contributed by atoms with E-state index in [1.165, 1.54) is 92.0 Å². The molecule has 0 radical (unpaired) electrons. The predicted octanol–water partition coefficient (Wildman–Crippen LogP) is 10.0. The maximum absolute atomic E-state index is 12.4. The summed E-state index contributed by atoms with van der Waals surface area (Å²) in [5, 5.41) is 72.9. The molecule has 0 atom stereocenters. The van der Waals surface area contributed by atoms with E-state index in [0.29, 0.717) is 28.9 Å². The number of phenolic OH excluding ortho intramolecular Hbond substituents is 3. The van der Waals surface area contributed by atoms with E-state index in [4.69, 9.17) is 4.74 Å². The van der Waals surface area contributed by atoms with Gasteiger partial charge in [0.2, 0.25) is 0 Å². The number of nitrogens with one attached hydrogen (secondary N) is 2. The summed E-state index contributed by atoms with van der Waals surface area (Å²) >= 11 is 0. The average molecular weight is 985 g/mol. The molecule has 0 unspecified atom stereocenters. The van der Waals surface area contributed by atoms with Crippen LogP contribution >= 0.6 is 0 Å². The predicted molar refractivity (Wildman–Crippen MR) is 241 cm³/mol. The first kappa shape index (κ1) is 47.5. The van der Waals surface area contributed by atoms with Gasteiger partial charge in [-0.05, 0) is 102 Å². The molecule has 0 heterocycles. The molecule has 7 aromatic rings. The van der Waals surface area contributed by atoms with Gasteiger partial charge >= 0.3 is 0 Å². The number of rotatable bonds is 15. The number of azo groups is 3. The first-order valence-electron chi connectivity index (χ1n) is 18.8. The van der Waals surface area contributed by atoms with Crippen molar-refractivity contribution in [3.8, 4) is 23.0 Å². The molecule has 0 bridgehead atoms. The highest BCUT2D eigenvalue weighted by Crippen LogP contribution is 2.47. The topological polar surface area (TPSA) is 377 Å². The van der Waals surface area contributed by atoms with Crippen LogP contribution in [0.4, 0.5) is 62.6 Å². The van der Waals surface area contributed by atoms with Crippen LogP contribution in [0.1, 0.15) is 0 Å². The standard InChI is InChI=1S/C41H31N9O15S3/c1-65-29-11-6-25(7-12-29)45-49-40-38(68(62,63)64)17-22-16-30(66(56,57)58)21-34(39(22)41(40)53)48-47-32-14-9-27(19-36(32)52)42-26-8-13-31(35(51)18-26)46-44-24-4-2-23(3-5-24)43-33-15-10-28(50(54)55)20-37(33)67(59,60)61/h2-21,42-43,51-53H,1H3,(H,56,57,58)(H,59,60,61)(H,62,63,64)/p-1. The molecule has 7 aromatic carbocycles. The van der Waals surface area contributed by atoms with Gasteiger partial charge in [0.1, 0.15) is 49.3 Å². The minimum absolute atomic E-state index is 0.0470. The van der Waals surface area contributed by atoms with E-state index in [9.17, 15) is 64.3 Å². The number of fused-ring (bicyclic) bond motifs is 1. The number of aromatic hydroxyl groups is 3. The third kappa shape index (κ3) is 11.0. The quantitative estimate of drug-likeness (QED) is 0.0217. The van der Waals surface area contributed by atoms with Crippen LogP contribution in [0.25, 0.3) is 10.8 Å². The summed E-state index contributed by atoms with van der Waals surface area (Å²) in [6.45, 7) is 0. The summed E-state index contributed by atoms with van der Waals surface area (Å²) < 4.78 is 110. The number of hydrogen-bond donors (Lipinski definition) is 7. The van der Waals surface area contributed by atoms with Crippen molar-refractivity contribution in [2.24, 2.45) is 30.7 Å². The second-order valence-corrected chi connectivity index (χ2v) is 18.1. The molecular formula is C41H30N9O15S3-. The van der Waals surface area contributed by atoms with Gasteiger partial charge in [0.25, 0.3) is 25.9 Å². The molecule has 0 saturated heterocycles. The monoisotopic (exact) mass is 984 g/mol. The fourth-order valence-electron chi connectivity index (χ4n) is 6.18. The zero-order chi connectivity index (χ0) is 49.1. The van der Waals surface area contributed by atoms with Gasteiger partial charge in [-0.3, -0.25) is 19.2 Å². The smallest absolute Gasteiger partial charge is 0.296 e. The van der Waals surface area contributed by atoms with Crippen LogP contribution in [0, 0.1) is 10.1 Å². The van der Waals surface area contributed by atoms with Gasteiger partial charge in [-0.1, -0.05) is 0 Å². The maximum atomic E-state index is 12.4. The first-order chi connectivity index (χ1) is 32.1. The highest BCUT2D eigenvalue weighted by atomic mass is 32.2. The van der Waals surface area contributed by atoms with Crippen molar-refractivity contribution < 1.29 is 63.9 Å². The Morgan fingerprint density at radius 1 is 0.574 bits per heavy atom. The van der Waals surface area contributed by atoms with Gasteiger partial charge in [-0.25, -0.2) is 8.42 Å². The Morgan fingerprint density at radius 2 is 1.12 bits per heavy atom. The minimum atomic E-state index is -5.14. The highest BCUT2D eigenvalue weighted by molar-refractivity contribution is 7.86. The molecule has 68 heavy (non-hydrogen) atoms. The second kappa shape index (κ2) is 18.8. The van der Waals surface area contributed by atoms with Crippen LogP contribution in [0.2, 0.25) is 0 Å². The second-order valence-electron chi connectivity index (χ2n) is 14.0. The number of non-ortho nitro benzene ring substituents is 1. The van der Waals surface area contributed by atoms with Gasteiger partial charge < -0.3 is 35.2 Å². The number of benzene rings is 7. The third-order valence-electron chi connectivity index (χ3n) is 9.39. The summed E-state index contributed by atoms with van der Waals surface area (Å²) in [4.78, 5) is 7.66. The number of nitrogens with zero attached hydrogens (tertiary/aromatic N) is 7. The lowest BCUT2D eigenvalue weighted by atomic mass is 10.1. The molecular weight excluding hydrogens is 955 g/mol. The van der Waals surface area contributed by atoms with Crippen LogP contribution in [0.15, 0.2) is 167 Å². The molecule has 24 nitrogen and oxygen atoms in total. The number of nitro benzene ring substituents is 1. The SMILES string of the molecule is COc1ccc(N=Nc2c(S(=O)(=O)O)cc3cc(S(=O)(=O)O)cc(N=Nc4ccc(Nc5ccc(N=Nc6ccc(Nc7ccc([N+](=O)[O-])cc7S(=O)(=O)[O-])cc6)c(O)c5)cc4O)c3c2O)cc1. The largest absolute Gasteiger partial charge is 0.744 e. The van der Waals surface area contributed by atoms with Gasteiger partial charge in [0.05, 0.1) is 50.0 Å². The molecule has 7 N–H and O–H groups in total. The summed E-state index contributed by atoms with van der Waals surface area (Å²) in [5.41, 5.74) is -0.728. The Morgan fingerprint density at radius 3 is 1.65 bits per heavy atom. The fourth-order valence-corrected chi connectivity index (χ4v) is 8.02. The maximum Gasteiger partial charge on any atom is 0.296 e. The van der Waals surface area contributed by atoms with Crippen molar-refractivity contribution in [2.45, 2.75) is 14.7 Å². The van der Waals surface area contributed by atoms with Gasteiger partial charge in [0.15, 0.2) is 5.75 Å². The molecule has 0 aliphatic heterocycles. The minimum Gasteiger partial charge on any atom is -0.744 e. The number of anilines is 4. The number of methoxy groups -OCH3 is 1. The fraction of sp³-hybridized carbons (Fsp3) is 0.0244. The number of nitro groups is 1. The van der Waals surface area contributed by atoms with E-state index in [1.807, 2.05) is 0 Å². The van der Waals surface area contributed by atoms with Crippen LogP contribution < -0.4 is 15.4 Å². The molecule has 0 fully saturated rings. The summed E-state index contributed by atoms with van der Waals surface area (Å²) in [7, 11) is -13.8. The van der Waals surface area contributed by atoms with Gasteiger partial charge in [-0.2, -0.15) is 27.1 Å². The Kier molecular flexibility index (Phi) is 13.1. The van der Waals surface area contributed by atoms with E-state index >= 15 is 0 Å². The zero-order valence-corrected chi connectivity index (χ0v) is 36.7. The number of ether oxygens (including phenoxy) is 1. The molecule has 27 heteroatoms. The van der Waals surface area contributed by atoms with Crippen LogP contribution in [-0.4, -0.2) is 66.3 Å². The number of hydrogen-bond acceptors (Lipinski definition) is 21. The van der Waals surface area contributed by atoms with E-state index in [1.54, 1.807) is 0 Å². The van der Waals surface area contributed by atoms with Crippen molar-refractivity contribution in [2.75, 3.05) is 17.7 Å². The Bertz CT molecular complexity index is 3590. The van der Waals surface area contributed by atoms with Crippen molar-refractivity contribution in [1.82, 2.24) is 0 Å². The van der Waals surface area contributed by atoms with Crippen LogP contribution in [-0.2, 0) is 30.4 Å². The summed E-state index contributed by atoms with van der Waals surface area (Å²) in [6.07, 6.45) is 0. The Labute approximate surface area is 383 Å². The van der Waals surface area contributed by atoms with Crippen molar-refractivity contribution >= 4 is 104 Å². The molecule has 0 aromatic heterocycles. The Balaban J connectivity index is 1.09. The number of phenols is 3. The van der Waals surface area contributed by atoms with E-state index in [-0.39, 0.29) is 45.0 Å². The normalized spacial score (nSPS) is 12.3. The van der Waals surface area contributed by atoms with Crippen molar-refractivity contribution in [1.29, 1.82) is 0 Å². The van der Waals surface area contributed by atoms with Gasteiger partial charge in [0, 0.05) is 41.3 Å². The summed E-state index contributed by atoms with van der Waals surface area (Å²) in [5.74, 6) is -1.24. The highest BCUT2D eigenvalue weighted by Gasteiger charge is 2.26. The molecule has 7 rings (SSSR count).